The number of nitrogens with zero attached hydrogens (tertiary/aromatic N) is 2. The van der Waals surface area contributed by atoms with Gasteiger partial charge in [-0.15, -0.1) is 0 Å². The molecule has 4 heteroatoms. The summed E-state index contributed by atoms with van der Waals surface area (Å²) in [4.78, 5) is 14.0. The van der Waals surface area contributed by atoms with Crippen molar-refractivity contribution in [2.24, 2.45) is 7.05 Å². The average molecular weight is 207 g/mol. The number of likely N-dealkylation sites (tertiary alicyclic amines) is 1. The summed E-state index contributed by atoms with van der Waals surface area (Å²) in [6.07, 6.45) is 5.24. The minimum absolute atomic E-state index is 0.105. The van der Waals surface area contributed by atoms with Crippen LogP contribution in [0.3, 0.4) is 0 Å². The quantitative estimate of drug-likeness (QED) is 0.753. The second kappa shape index (κ2) is 3.96. The molecule has 1 aromatic heterocycles. The first kappa shape index (κ1) is 10.1. The number of aromatic nitrogens is 1. The Labute approximate surface area is 89.7 Å². The Hall–Kier alpha value is -1.45. The number of hydrogen-bond donors (Lipinski definition) is 1. The molecular weight excluding hydrogens is 190 g/mol. The molecule has 0 aromatic carbocycles. The highest BCUT2D eigenvalue weighted by Gasteiger charge is 2.20. The van der Waals surface area contributed by atoms with Crippen molar-refractivity contribution in [3.63, 3.8) is 0 Å². The summed E-state index contributed by atoms with van der Waals surface area (Å²) in [6, 6.07) is 1.75. The molecule has 0 atom stereocenters. The van der Waals surface area contributed by atoms with Crippen LogP contribution in [0.2, 0.25) is 0 Å². The van der Waals surface area contributed by atoms with Gasteiger partial charge in [0, 0.05) is 26.3 Å². The van der Waals surface area contributed by atoms with Gasteiger partial charge in [-0.2, -0.15) is 0 Å². The van der Waals surface area contributed by atoms with Gasteiger partial charge in [-0.3, -0.25) is 4.79 Å². The highest BCUT2D eigenvalue weighted by atomic mass is 16.2. The van der Waals surface area contributed by atoms with Crippen molar-refractivity contribution in [3.8, 4) is 0 Å². The summed E-state index contributed by atoms with van der Waals surface area (Å²) >= 11 is 0. The molecule has 1 aliphatic heterocycles. The van der Waals surface area contributed by atoms with E-state index in [4.69, 9.17) is 5.73 Å². The highest BCUT2D eigenvalue weighted by molar-refractivity contribution is 5.93. The molecule has 1 aliphatic rings. The fourth-order valence-electron chi connectivity index (χ4n) is 2.06. The van der Waals surface area contributed by atoms with Crippen molar-refractivity contribution >= 4 is 11.6 Å². The third-order valence-electron chi connectivity index (χ3n) is 2.89. The molecule has 0 bridgehead atoms. The van der Waals surface area contributed by atoms with Crippen LogP contribution in [0, 0.1) is 0 Å². The van der Waals surface area contributed by atoms with E-state index in [1.165, 1.54) is 6.42 Å². The number of rotatable bonds is 1. The van der Waals surface area contributed by atoms with Crippen LogP contribution in [0.1, 0.15) is 29.8 Å². The first-order chi connectivity index (χ1) is 7.18. The molecule has 2 N–H and O–H groups in total. The molecule has 0 unspecified atom stereocenters. The number of carbonyl (C=O) groups excluding carboxylic acids is 1. The second-order valence-corrected chi connectivity index (χ2v) is 4.12. The highest BCUT2D eigenvalue weighted by Crippen LogP contribution is 2.15. The molecule has 15 heavy (non-hydrogen) atoms. The number of aryl methyl sites for hydroxylation is 1. The van der Waals surface area contributed by atoms with E-state index in [9.17, 15) is 4.79 Å². The number of nitrogen functional groups attached to an aromatic ring is 1. The first-order valence-corrected chi connectivity index (χ1v) is 5.39. The molecule has 82 valence electrons. The van der Waals surface area contributed by atoms with E-state index in [1.54, 1.807) is 16.8 Å². The first-order valence-electron chi connectivity index (χ1n) is 5.39. The van der Waals surface area contributed by atoms with Crippen molar-refractivity contribution in [2.75, 3.05) is 18.8 Å². The zero-order valence-corrected chi connectivity index (χ0v) is 9.07. The Bertz CT molecular complexity index is 364. The predicted molar refractivity (Wildman–Crippen MR) is 59.6 cm³/mol. The molecular formula is C11H17N3O. The van der Waals surface area contributed by atoms with Crippen LogP contribution in [0.4, 0.5) is 5.69 Å². The predicted octanol–water partition coefficient (Wildman–Crippen LogP) is 1.23. The van der Waals surface area contributed by atoms with Crippen molar-refractivity contribution in [3.05, 3.63) is 18.0 Å². The lowest BCUT2D eigenvalue weighted by molar-refractivity contribution is 0.0714. The fourth-order valence-corrected chi connectivity index (χ4v) is 2.06. The van der Waals surface area contributed by atoms with Crippen LogP contribution in [-0.4, -0.2) is 28.5 Å². The Morgan fingerprint density at radius 1 is 1.33 bits per heavy atom. The van der Waals surface area contributed by atoms with E-state index in [0.717, 1.165) is 25.9 Å². The van der Waals surface area contributed by atoms with Gasteiger partial charge in [0.25, 0.3) is 5.91 Å². The van der Waals surface area contributed by atoms with Crippen molar-refractivity contribution in [1.29, 1.82) is 0 Å². The summed E-state index contributed by atoms with van der Waals surface area (Å²) in [5, 5.41) is 0. The molecule has 0 saturated carbocycles. The van der Waals surface area contributed by atoms with E-state index >= 15 is 0 Å². The summed E-state index contributed by atoms with van der Waals surface area (Å²) in [5.41, 5.74) is 7.00. The van der Waals surface area contributed by atoms with Crippen LogP contribution in [-0.2, 0) is 7.05 Å². The Kier molecular flexibility index (Phi) is 2.66. The van der Waals surface area contributed by atoms with Gasteiger partial charge in [0.15, 0.2) is 0 Å². The van der Waals surface area contributed by atoms with E-state index in [2.05, 4.69) is 0 Å². The van der Waals surface area contributed by atoms with Gasteiger partial charge in [-0.05, 0) is 25.3 Å². The lowest BCUT2D eigenvalue weighted by Gasteiger charge is -2.26. The molecule has 0 aliphatic carbocycles. The number of piperidine rings is 1. The SMILES string of the molecule is Cn1cc(N)cc1C(=O)N1CCCCC1. The van der Waals surface area contributed by atoms with Gasteiger partial charge in [0.1, 0.15) is 5.69 Å². The minimum Gasteiger partial charge on any atom is -0.397 e. The smallest absolute Gasteiger partial charge is 0.270 e. The van der Waals surface area contributed by atoms with E-state index in [1.807, 2.05) is 11.9 Å². The van der Waals surface area contributed by atoms with Crippen molar-refractivity contribution in [1.82, 2.24) is 9.47 Å². The number of hydrogen-bond acceptors (Lipinski definition) is 2. The molecule has 0 spiro atoms. The molecule has 2 rings (SSSR count). The summed E-state index contributed by atoms with van der Waals surface area (Å²) < 4.78 is 1.80. The Morgan fingerprint density at radius 2 is 2.00 bits per heavy atom. The second-order valence-electron chi connectivity index (χ2n) is 4.12. The lowest BCUT2D eigenvalue weighted by atomic mass is 10.1. The molecule has 1 saturated heterocycles. The van der Waals surface area contributed by atoms with Crippen LogP contribution in [0.5, 0.6) is 0 Å². The zero-order chi connectivity index (χ0) is 10.8. The topological polar surface area (TPSA) is 51.3 Å². The molecule has 0 radical (unpaired) electrons. The van der Waals surface area contributed by atoms with Crippen molar-refractivity contribution in [2.45, 2.75) is 19.3 Å². The van der Waals surface area contributed by atoms with Crippen LogP contribution < -0.4 is 5.73 Å². The number of carbonyl (C=O) groups is 1. The maximum Gasteiger partial charge on any atom is 0.270 e. The van der Waals surface area contributed by atoms with Crippen molar-refractivity contribution < 1.29 is 4.79 Å². The van der Waals surface area contributed by atoms with E-state index < -0.39 is 0 Å². The molecule has 1 amide bonds. The number of amides is 1. The van der Waals surface area contributed by atoms with Gasteiger partial charge < -0.3 is 15.2 Å². The molecule has 1 fully saturated rings. The lowest BCUT2D eigenvalue weighted by Crippen LogP contribution is -2.36. The monoisotopic (exact) mass is 207 g/mol. The molecule has 4 nitrogen and oxygen atoms in total. The largest absolute Gasteiger partial charge is 0.397 e. The fraction of sp³-hybridized carbons (Fsp3) is 0.545. The summed E-state index contributed by atoms with van der Waals surface area (Å²) in [7, 11) is 1.85. The van der Waals surface area contributed by atoms with Gasteiger partial charge in [0.2, 0.25) is 0 Å². The van der Waals surface area contributed by atoms with Crippen LogP contribution >= 0.6 is 0 Å². The van der Waals surface area contributed by atoms with Gasteiger partial charge in [0.05, 0.1) is 5.69 Å². The Morgan fingerprint density at radius 3 is 2.53 bits per heavy atom. The normalized spacial score (nSPS) is 16.7. The number of nitrogens with two attached hydrogens (primary N) is 1. The maximum atomic E-state index is 12.1. The van der Waals surface area contributed by atoms with Gasteiger partial charge >= 0.3 is 0 Å². The zero-order valence-electron chi connectivity index (χ0n) is 9.07. The summed E-state index contributed by atoms with van der Waals surface area (Å²) in [5.74, 6) is 0.105. The van der Waals surface area contributed by atoms with Gasteiger partial charge in [-0.25, -0.2) is 0 Å². The van der Waals surface area contributed by atoms with Crippen LogP contribution in [0.25, 0.3) is 0 Å². The standard InChI is InChI=1S/C11H17N3O/c1-13-8-9(12)7-10(13)11(15)14-5-3-2-4-6-14/h7-8H,2-6,12H2,1H3. The average Bonchev–Trinajstić information content (AvgIpc) is 2.58. The maximum absolute atomic E-state index is 12.1. The molecule has 2 heterocycles. The van der Waals surface area contributed by atoms with E-state index in [0.29, 0.717) is 11.4 Å². The molecule has 1 aromatic rings. The third-order valence-corrected chi connectivity index (χ3v) is 2.89. The third kappa shape index (κ3) is 1.98. The summed E-state index contributed by atoms with van der Waals surface area (Å²) in [6.45, 7) is 1.76. The van der Waals surface area contributed by atoms with E-state index in [-0.39, 0.29) is 5.91 Å². The minimum atomic E-state index is 0.105. The van der Waals surface area contributed by atoms with Gasteiger partial charge in [-0.1, -0.05) is 0 Å². The Balaban J connectivity index is 2.16. The number of anilines is 1. The van der Waals surface area contributed by atoms with Crippen LogP contribution in [0.15, 0.2) is 12.3 Å².